The van der Waals surface area contributed by atoms with Crippen molar-refractivity contribution >= 4 is 11.4 Å². The van der Waals surface area contributed by atoms with E-state index in [2.05, 4.69) is 53.8 Å². The van der Waals surface area contributed by atoms with Crippen LogP contribution < -0.4 is 5.32 Å². The van der Waals surface area contributed by atoms with E-state index >= 15 is 0 Å². The van der Waals surface area contributed by atoms with Crippen LogP contribution in [0.4, 0.5) is 11.4 Å². The Morgan fingerprint density at radius 2 is 1.25 bits per heavy atom. The van der Waals surface area contributed by atoms with E-state index in [1.165, 1.54) is 28.9 Å². The first-order valence-corrected chi connectivity index (χ1v) is 5.88. The summed E-state index contributed by atoms with van der Waals surface area (Å²) in [6.07, 6.45) is 1.32. The first kappa shape index (κ1) is 8.40. The molecule has 0 aromatic heterocycles. The molecule has 2 atom stereocenters. The number of para-hydroxylation sites is 2. The lowest BCUT2D eigenvalue weighted by Gasteiger charge is -2.10. The topological polar surface area (TPSA) is 12.0 Å². The Hall–Kier alpha value is -1.76. The van der Waals surface area contributed by atoms with Gasteiger partial charge in [0.15, 0.2) is 0 Å². The van der Waals surface area contributed by atoms with Gasteiger partial charge in [0, 0.05) is 11.4 Å². The van der Waals surface area contributed by atoms with Crippen molar-refractivity contribution < 1.29 is 0 Å². The molecule has 1 N–H and O–H groups in total. The van der Waals surface area contributed by atoms with Crippen molar-refractivity contribution in [3.05, 3.63) is 59.7 Å². The molecule has 1 heterocycles. The zero-order valence-corrected chi connectivity index (χ0v) is 8.98. The van der Waals surface area contributed by atoms with Gasteiger partial charge in [-0.2, -0.15) is 0 Å². The van der Waals surface area contributed by atoms with E-state index in [-0.39, 0.29) is 0 Å². The zero-order chi connectivity index (χ0) is 10.5. The van der Waals surface area contributed by atoms with Gasteiger partial charge in [-0.25, -0.2) is 0 Å². The van der Waals surface area contributed by atoms with Gasteiger partial charge in [0.25, 0.3) is 0 Å². The highest BCUT2D eigenvalue weighted by Crippen LogP contribution is 2.59. The molecule has 78 valence electrons. The predicted molar refractivity (Wildman–Crippen MR) is 66.3 cm³/mol. The van der Waals surface area contributed by atoms with Gasteiger partial charge in [-0.3, -0.25) is 0 Å². The van der Waals surface area contributed by atoms with Crippen molar-refractivity contribution in [2.75, 3.05) is 5.32 Å². The van der Waals surface area contributed by atoms with Crippen molar-refractivity contribution in [2.24, 2.45) is 0 Å². The molecule has 4 rings (SSSR count). The highest BCUT2D eigenvalue weighted by Gasteiger charge is 2.43. The van der Waals surface area contributed by atoms with Crippen molar-refractivity contribution in [1.29, 1.82) is 0 Å². The number of fused-ring (bicyclic) bond motifs is 5. The quantitative estimate of drug-likeness (QED) is 0.688. The standard InChI is InChI=1S/C15H13N/c1-3-7-14-10(5-1)12-9-13(12)11-6-2-4-8-15(11)16-14/h1-8,12-13,16H,9H2/t12-,13-/m0/s1. The molecule has 1 nitrogen and oxygen atoms in total. The van der Waals surface area contributed by atoms with E-state index in [1.807, 2.05) is 0 Å². The van der Waals surface area contributed by atoms with Crippen LogP contribution in [0.25, 0.3) is 0 Å². The SMILES string of the molecule is c1ccc2c(c1)Nc1ccccc1[C@@H]1C[C@@H]21. The molecule has 1 heteroatoms. The molecule has 0 unspecified atom stereocenters. The molecular weight excluding hydrogens is 194 g/mol. The average molecular weight is 207 g/mol. The second-order valence-corrected chi connectivity index (χ2v) is 4.75. The lowest BCUT2D eigenvalue weighted by molar-refractivity contribution is 1.05. The number of hydrogen-bond acceptors (Lipinski definition) is 1. The fourth-order valence-corrected chi connectivity index (χ4v) is 2.90. The summed E-state index contributed by atoms with van der Waals surface area (Å²) in [5, 5.41) is 3.56. The molecular formula is C15H13N. The van der Waals surface area contributed by atoms with E-state index in [9.17, 15) is 0 Å². The predicted octanol–water partition coefficient (Wildman–Crippen LogP) is 4.01. The Balaban J connectivity index is 1.94. The van der Waals surface area contributed by atoms with Crippen molar-refractivity contribution in [1.82, 2.24) is 0 Å². The van der Waals surface area contributed by atoms with Crippen molar-refractivity contribution in [3.8, 4) is 0 Å². The summed E-state index contributed by atoms with van der Waals surface area (Å²) in [6.45, 7) is 0. The van der Waals surface area contributed by atoms with E-state index in [4.69, 9.17) is 0 Å². The highest BCUT2D eigenvalue weighted by molar-refractivity contribution is 5.72. The third-order valence-electron chi connectivity index (χ3n) is 3.78. The molecule has 1 aliphatic heterocycles. The summed E-state index contributed by atoms with van der Waals surface area (Å²) in [4.78, 5) is 0. The number of nitrogens with one attached hydrogen (secondary N) is 1. The Kier molecular flexibility index (Phi) is 1.51. The largest absolute Gasteiger partial charge is 0.355 e. The molecule has 0 bridgehead atoms. The summed E-state index contributed by atoms with van der Waals surface area (Å²) in [6, 6.07) is 17.4. The molecule has 0 spiro atoms. The van der Waals surface area contributed by atoms with Crippen LogP contribution in [0.2, 0.25) is 0 Å². The Morgan fingerprint density at radius 1 is 0.750 bits per heavy atom. The Bertz CT molecular complexity index is 509. The second-order valence-electron chi connectivity index (χ2n) is 4.75. The Labute approximate surface area is 95.1 Å². The van der Waals surface area contributed by atoms with Gasteiger partial charge >= 0.3 is 0 Å². The third-order valence-corrected chi connectivity index (χ3v) is 3.78. The van der Waals surface area contributed by atoms with Crippen LogP contribution in [0.5, 0.6) is 0 Å². The van der Waals surface area contributed by atoms with E-state index in [0.29, 0.717) is 0 Å². The minimum absolute atomic E-state index is 0.743. The van der Waals surface area contributed by atoms with Gasteiger partial charge in [-0.1, -0.05) is 36.4 Å². The minimum Gasteiger partial charge on any atom is -0.355 e. The highest BCUT2D eigenvalue weighted by atomic mass is 14.9. The molecule has 0 radical (unpaired) electrons. The number of benzene rings is 2. The van der Waals surface area contributed by atoms with Gasteiger partial charge in [0.05, 0.1) is 0 Å². The van der Waals surface area contributed by atoms with Crippen LogP contribution >= 0.6 is 0 Å². The number of hydrogen-bond donors (Lipinski definition) is 1. The summed E-state index contributed by atoms with van der Waals surface area (Å²) in [7, 11) is 0. The minimum atomic E-state index is 0.743. The second kappa shape index (κ2) is 2.88. The normalized spacial score (nSPS) is 24.5. The number of rotatable bonds is 0. The van der Waals surface area contributed by atoms with Crippen LogP contribution in [0.15, 0.2) is 48.5 Å². The smallest absolute Gasteiger partial charge is 0.0419 e. The lowest BCUT2D eigenvalue weighted by atomic mass is 10.0. The molecule has 16 heavy (non-hydrogen) atoms. The van der Waals surface area contributed by atoms with Crippen LogP contribution in [-0.4, -0.2) is 0 Å². The molecule has 0 amide bonds. The van der Waals surface area contributed by atoms with Crippen molar-refractivity contribution in [3.63, 3.8) is 0 Å². The zero-order valence-electron chi connectivity index (χ0n) is 8.98. The Morgan fingerprint density at radius 3 is 1.81 bits per heavy atom. The summed E-state index contributed by atoms with van der Waals surface area (Å²) >= 11 is 0. The number of anilines is 2. The van der Waals surface area contributed by atoms with Gasteiger partial charge in [0.2, 0.25) is 0 Å². The fraction of sp³-hybridized carbons (Fsp3) is 0.200. The van der Waals surface area contributed by atoms with Crippen LogP contribution in [0.1, 0.15) is 29.4 Å². The molecule has 2 aliphatic rings. The first-order valence-electron chi connectivity index (χ1n) is 5.88. The lowest BCUT2D eigenvalue weighted by Crippen LogP contribution is -1.94. The third kappa shape index (κ3) is 1.06. The molecule has 1 aliphatic carbocycles. The summed E-state index contributed by atoms with van der Waals surface area (Å²) in [5.41, 5.74) is 5.56. The van der Waals surface area contributed by atoms with Gasteiger partial charge in [-0.15, -0.1) is 0 Å². The molecule has 1 fully saturated rings. The molecule has 1 saturated carbocycles. The molecule has 0 saturated heterocycles. The van der Waals surface area contributed by atoms with Gasteiger partial charge in [0.1, 0.15) is 0 Å². The van der Waals surface area contributed by atoms with E-state index in [1.54, 1.807) is 0 Å². The van der Waals surface area contributed by atoms with Crippen LogP contribution in [0.3, 0.4) is 0 Å². The van der Waals surface area contributed by atoms with E-state index in [0.717, 1.165) is 11.8 Å². The van der Waals surface area contributed by atoms with Crippen LogP contribution in [0, 0.1) is 0 Å². The molecule has 2 aromatic carbocycles. The summed E-state index contributed by atoms with van der Waals surface area (Å²) in [5.74, 6) is 1.49. The average Bonchev–Trinajstić information content (AvgIpc) is 3.09. The fourth-order valence-electron chi connectivity index (χ4n) is 2.90. The monoisotopic (exact) mass is 207 g/mol. The molecule has 2 aromatic rings. The van der Waals surface area contributed by atoms with Gasteiger partial charge in [-0.05, 0) is 41.5 Å². The van der Waals surface area contributed by atoms with Crippen molar-refractivity contribution in [2.45, 2.75) is 18.3 Å². The maximum Gasteiger partial charge on any atom is 0.0419 e. The maximum absolute atomic E-state index is 3.56. The maximum atomic E-state index is 3.56. The van der Waals surface area contributed by atoms with Crippen LogP contribution in [-0.2, 0) is 0 Å². The van der Waals surface area contributed by atoms with E-state index < -0.39 is 0 Å². The first-order chi connectivity index (χ1) is 7.93. The van der Waals surface area contributed by atoms with Gasteiger partial charge < -0.3 is 5.32 Å². The summed E-state index contributed by atoms with van der Waals surface area (Å²) < 4.78 is 0.